The first-order chi connectivity index (χ1) is 12.9. The molecule has 0 unspecified atom stereocenters. The molecule has 1 heterocycles. The summed E-state index contributed by atoms with van der Waals surface area (Å²) in [5.41, 5.74) is -2.25. The molecule has 3 rings (SSSR count). The molecule has 1 fully saturated rings. The van der Waals surface area contributed by atoms with Crippen molar-refractivity contribution in [2.45, 2.75) is 58.2 Å². The molecule has 1 saturated carbocycles. The SMILES string of the molecule is [C-]#[N+]c1cc(F)c2nc(NC(=O)CC(C)(C)C(F)(F)F)n(C3(C)CCC3)c2c1. The van der Waals surface area contributed by atoms with Crippen LogP contribution in [0.15, 0.2) is 12.1 Å². The number of halogens is 4. The number of imidazole rings is 1. The number of fused-ring (bicyclic) bond motifs is 1. The zero-order valence-corrected chi connectivity index (χ0v) is 15.7. The van der Waals surface area contributed by atoms with E-state index in [1.807, 2.05) is 6.92 Å². The van der Waals surface area contributed by atoms with Crippen LogP contribution in [0.1, 0.15) is 46.5 Å². The summed E-state index contributed by atoms with van der Waals surface area (Å²) in [7, 11) is 0. The average molecular weight is 396 g/mol. The molecule has 1 aromatic heterocycles. The van der Waals surface area contributed by atoms with Gasteiger partial charge in [-0.05, 0) is 38.3 Å². The standard InChI is InChI=1S/C19H20F4N4O/c1-17(2,19(21,22)23)10-14(28)25-16-26-15-12(20)8-11(24-4)9-13(15)27(16)18(3)6-5-7-18/h8-9H,5-7,10H2,1-3H3,(H,25,26,28). The molecule has 0 saturated heterocycles. The van der Waals surface area contributed by atoms with Crippen LogP contribution in [-0.4, -0.2) is 21.6 Å². The van der Waals surface area contributed by atoms with E-state index in [0.29, 0.717) is 5.52 Å². The molecule has 1 amide bonds. The van der Waals surface area contributed by atoms with Crippen molar-refractivity contribution in [1.82, 2.24) is 9.55 Å². The van der Waals surface area contributed by atoms with Gasteiger partial charge in [0.15, 0.2) is 5.69 Å². The molecule has 0 spiro atoms. The third-order valence-electron chi connectivity index (χ3n) is 5.42. The van der Waals surface area contributed by atoms with E-state index < -0.39 is 35.3 Å². The summed E-state index contributed by atoms with van der Waals surface area (Å²) in [4.78, 5) is 19.7. The average Bonchev–Trinajstić information content (AvgIpc) is 2.89. The Hall–Kier alpha value is -2.63. The summed E-state index contributed by atoms with van der Waals surface area (Å²) in [5, 5.41) is 2.44. The van der Waals surface area contributed by atoms with Crippen LogP contribution < -0.4 is 5.32 Å². The van der Waals surface area contributed by atoms with Crippen LogP contribution in [0.5, 0.6) is 0 Å². The van der Waals surface area contributed by atoms with Crippen LogP contribution in [0.2, 0.25) is 0 Å². The van der Waals surface area contributed by atoms with Crippen molar-refractivity contribution < 1.29 is 22.4 Å². The summed E-state index contributed by atoms with van der Waals surface area (Å²) in [5.74, 6) is -1.56. The number of nitrogens with zero attached hydrogens (tertiary/aromatic N) is 3. The van der Waals surface area contributed by atoms with E-state index in [9.17, 15) is 22.4 Å². The fourth-order valence-corrected chi connectivity index (χ4v) is 3.40. The number of carbonyl (C=O) groups is 1. The van der Waals surface area contributed by atoms with Crippen molar-refractivity contribution in [2.75, 3.05) is 5.32 Å². The summed E-state index contributed by atoms with van der Waals surface area (Å²) < 4.78 is 55.3. The van der Waals surface area contributed by atoms with Crippen LogP contribution in [0.25, 0.3) is 15.9 Å². The number of rotatable bonds is 4. The van der Waals surface area contributed by atoms with Crippen molar-refractivity contribution in [3.63, 3.8) is 0 Å². The first-order valence-electron chi connectivity index (χ1n) is 8.84. The molecule has 1 aliphatic rings. The Morgan fingerprint density at radius 3 is 2.50 bits per heavy atom. The Kier molecular flexibility index (Phi) is 4.64. The first kappa shape index (κ1) is 20.1. The van der Waals surface area contributed by atoms with Crippen LogP contribution in [-0.2, 0) is 10.3 Å². The topological polar surface area (TPSA) is 51.3 Å². The van der Waals surface area contributed by atoms with Crippen LogP contribution in [0.3, 0.4) is 0 Å². The zero-order chi connectivity index (χ0) is 20.9. The number of alkyl halides is 3. The molecule has 150 valence electrons. The second-order valence-corrected chi connectivity index (χ2v) is 8.14. The lowest BCUT2D eigenvalue weighted by Gasteiger charge is -2.41. The minimum Gasteiger partial charge on any atom is -0.305 e. The number of benzene rings is 1. The zero-order valence-electron chi connectivity index (χ0n) is 15.7. The van der Waals surface area contributed by atoms with E-state index in [0.717, 1.165) is 39.2 Å². The highest BCUT2D eigenvalue weighted by Crippen LogP contribution is 2.44. The molecule has 0 radical (unpaired) electrons. The lowest BCUT2D eigenvalue weighted by molar-refractivity contribution is -0.213. The molecule has 0 atom stereocenters. The van der Waals surface area contributed by atoms with Crippen LogP contribution in [0, 0.1) is 17.8 Å². The minimum absolute atomic E-state index is 0.00112. The number of hydrogen-bond donors (Lipinski definition) is 1. The Bertz CT molecular complexity index is 980. The predicted molar refractivity (Wildman–Crippen MR) is 96.5 cm³/mol. The molecule has 1 aliphatic carbocycles. The monoisotopic (exact) mass is 396 g/mol. The van der Waals surface area contributed by atoms with Crippen LogP contribution in [0.4, 0.5) is 29.2 Å². The third kappa shape index (κ3) is 3.32. The number of aromatic nitrogens is 2. The molecule has 0 bridgehead atoms. The second kappa shape index (κ2) is 6.47. The smallest absolute Gasteiger partial charge is 0.305 e. The highest BCUT2D eigenvalue weighted by molar-refractivity contribution is 5.93. The number of anilines is 1. The molecular weight excluding hydrogens is 376 g/mol. The van der Waals surface area contributed by atoms with E-state index in [1.165, 1.54) is 6.07 Å². The van der Waals surface area contributed by atoms with Gasteiger partial charge in [-0.15, -0.1) is 0 Å². The Balaban J connectivity index is 2.04. The van der Waals surface area contributed by atoms with Gasteiger partial charge in [0.2, 0.25) is 11.9 Å². The lowest BCUT2D eigenvalue weighted by atomic mass is 9.78. The maximum Gasteiger partial charge on any atom is 0.394 e. The maximum atomic E-state index is 14.4. The normalized spacial score (nSPS) is 16.5. The second-order valence-electron chi connectivity index (χ2n) is 8.14. The molecule has 1 N–H and O–H groups in total. The number of carbonyl (C=O) groups excluding carboxylic acids is 1. The largest absolute Gasteiger partial charge is 0.394 e. The Morgan fingerprint density at radius 2 is 2.00 bits per heavy atom. The van der Waals surface area contributed by atoms with Crippen molar-refractivity contribution in [1.29, 1.82) is 0 Å². The summed E-state index contributed by atoms with van der Waals surface area (Å²) >= 11 is 0. The van der Waals surface area contributed by atoms with Gasteiger partial charge >= 0.3 is 6.18 Å². The number of hydrogen-bond acceptors (Lipinski definition) is 2. The van der Waals surface area contributed by atoms with Gasteiger partial charge in [-0.1, -0.05) is 13.8 Å². The van der Waals surface area contributed by atoms with Crippen LogP contribution >= 0.6 is 0 Å². The fraction of sp³-hybridized carbons (Fsp3) is 0.526. The van der Waals surface area contributed by atoms with Gasteiger partial charge in [0, 0.05) is 12.0 Å². The van der Waals surface area contributed by atoms with E-state index in [4.69, 9.17) is 6.57 Å². The van der Waals surface area contributed by atoms with Gasteiger partial charge in [-0.2, -0.15) is 13.2 Å². The molecule has 1 aromatic carbocycles. The van der Waals surface area contributed by atoms with Crippen molar-refractivity contribution >= 4 is 28.6 Å². The Labute approximate surface area is 159 Å². The quantitative estimate of drug-likeness (QED) is 0.545. The first-order valence-corrected chi connectivity index (χ1v) is 8.84. The van der Waals surface area contributed by atoms with Gasteiger partial charge in [-0.3, -0.25) is 10.1 Å². The van der Waals surface area contributed by atoms with Gasteiger partial charge < -0.3 is 4.57 Å². The molecule has 0 aliphatic heterocycles. The molecule has 2 aromatic rings. The van der Waals surface area contributed by atoms with E-state index in [-0.39, 0.29) is 17.2 Å². The fourth-order valence-electron chi connectivity index (χ4n) is 3.40. The number of amides is 1. The van der Waals surface area contributed by atoms with Gasteiger partial charge in [-0.25, -0.2) is 14.2 Å². The highest BCUT2D eigenvalue weighted by atomic mass is 19.4. The molecule has 5 nitrogen and oxygen atoms in total. The van der Waals surface area contributed by atoms with Crippen molar-refractivity contribution in [3.8, 4) is 0 Å². The highest BCUT2D eigenvalue weighted by Gasteiger charge is 2.48. The van der Waals surface area contributed by atoms with Gasteiger partial charge in [0.05, 0.1) is 17.5 Å². The Morgan fingerprint density at radius 1 is 1.36 bits per heavy atom. The maximum absolute atomic E-state index is 14.4. The van der Waals surface area contributed by atoms with E-state index >= 15 is 0 Å². The van der Waals surface area contributed by atoms with Gasteiger partial charge in [0.25, 0.3) is 0 Å². The van der Waals surface area contributed by atoms with Crippen molar-refractivity contribution in [2.24, 2.45) is 5.41 Å². The van der Waals surface area contributed by atoms with E-state index in [1.54, 1.807) is 4.57 Å². The summed E-state index contributed by atoms with van der Waals surface area (Å²) in [6.07, 6.45) is -2.90. The number of nitrogens with one attached hydrogen (secondary N) is 1. The molecule has 28 heavy (non-hydrogen) atoms. The third-order valence-corrected chi connectivity index (χ3v) is 5.42. The molecular formula is C19H20F4N4O. The lowest BCUT2D eigenvalue weighted by Crippen LogP contribution is -2.39. The molecule has 9 heteroatoms. The summed E-state index contributed by atoms with van der Waals surface area (Å²) in [6.45, 7) is 10.9. The minimum atomic E-state index is -4.54. The summed E-state index contributed by atoms with van der Waals surface area (Å²) in [6, 6.07) is 2.53. The predicted octanol–water partition coefficient (Wildman–Crippen LogP) is 5.54. The van der Waals surface area contributed by atoms with Gasteiger partial charge in [0.1, 0.15) is 11.3 Å². The van der Waals surface area contributed by atoms with Crippen molar-refractivity contribution in [3.05, 3.63) is 29.4 Å². The van der Waals surface area contributed by atoms with E-state index in [2.05, 4.69) is 15.1 Å².